The van der Waals surface area contributed by atoms with Gasteiger partial charge in [0.2, 0.25) is 0 Å². The van der Waals surface area contributed by atoms with E-state index in [1.165, 1.54) is 0 Å². The van der Waals surface area contributed by atoms with Crippen molar-refractivity contribution in [1.82, 2.24) is 9.80 Å². The monoisotopic (exact) mass is 583 g/mol. The maximum atomic E-state index is 13.9. The topological polar surface area (TPSA) is 133 Å². The highest BCUT2D eigenvalue weighted by Crippen LogP contribution is 2.29. The lowest BCUT2D eigenvalue weighted by Crippen LogP contribution is -2.51. The lowest BCUT2D eigenvalue weighted by atomic mass is 9.94. The minimum atomic E-state index is -0.799. The van der Waals surface area contributed by atoms with Gasteiger partial charge >= 0.3 is 5.97 Å². The third kappa shape index (κ3) is 6.98. The highest BCUT2D eigenvalue weighted by molar-refractivity contribution is 6.00. The number of amides is 1. The summed E-state index contributed by atoms with van der Waals surface area (Å²) in [5.41, 5.74) is 8.01. The second kappa shape index (κ2) is 12.1. The van der Waals surface area contributed by atoms with E-state index < -0.39 is 17.6 Å². The first-order chi connectivity index (χ1) is 20.4. The van der Waals surface area contributed by atoms with E-state index in [2.05, 4.69) is 4.90 Å². The van der Waals surface area contributed by atoms with Gasteiger partial charge in [-0.2, -0.15) is 0 Å². The fourth-order valence-corrected chi connectivity index (χ4v) is 5.86. The Balaban J connectivity index is 1.36. The Morgan fingerprint density at radius 3 is 2.40 bits per heavy atom. The fourth-order valence-electron chi connectivity index (χ4n) is 5.86. The number of nitrogens with two attached hydrogens (primary N) is 1. The van der Waals surface area contributed by atoms with E-state index in [-0.39, 0.29) is 17.8 Å². The average Bonchev–Trinajstić information content (AvgIpc) is 2.95. The summed E-state index contributed by atoms with van der Waals surface area (Å²) in [6.07, 6.45) is 2.67. The molecule has 1 atom stereocenters. The molecule has 1 saturated heterocycles. The number of ether oxygens (including phenoxy) is 2. The van der Waals surface area contributed by atoms with Crippen molar-refractivity contribution in [3.63, 3.8) is 0 Å². The second-order valence-electron chi connectivity index (χ2n) is 12.5. The van der Waals surface area contributed by atoms with Gasteiger partial charge in [0.05, 0.1) is 5.84 Å². The zero-order chi connectivity index (χ0) is 30.9. The first-order valence-electron chi connectivity index (χ1n) is 14.9. The molecule has 1 amide bonds. The number of likely N-dealkylation sites (tertiary alicyclic amines) is 1. The molecule has 9 heteroatoms. The SMILES string of the molecule is CC(=N)N1CCC(Oc2ccc3c(c2)CCN(C(Cc2ccc4ccc(C(=N)N)cc4c2)C(=O)OC(C)(C)C)C3=O)CC1. The van der Waals surface area contributed by atoms with Crippen molar-refractivity contribution in [2.45, 2.75) is 71.1 Å². The van der Waals surface area contributed by atoms with Crippen LogP contribution in [0, 0.1) is 10.8 Å². The number of rotatable bonds is 7. The Morgan fingerprint density at radius 1 is 1.00 bits per heavy atom. The van der Waals surface area contributed by atoms with E-state index in [0.29, 0.717) is 36.3 Å². The number of hydrogen-bond donors (Lipinski definition) is 3. The minimum absolute atomic E-state index is 0.00617. The minimum Gasteiger partial charge on any atom is -0.490 e. The van der Waals surface area contributed by atoms with E-state index in [0.717, 1.165) is 53.6 Å². The maximum absolute atomic E-state index is 13.9. The second-order valence-corrected chi connectivity index (χ2v) is 12.5. The van der Waals surface area contributed by atoms with Crippen molar-refractivity contribution >= 4 is 34.3 Å². The summed E-state index contributed by atoms with van der Waals surface area (Å²) in [5, 5.41) is 17.5. The van der Waals surface area contributed by atoms with Crippen LogP contribution < -0.4 is 10.5 Å². The van der Waals surface area contributed by atoms with Crippen molar-refractivity contribution < 1.29 is 19.1 Å². The van der Waals surface area contributed by atoms with Crippen LogP contribution in [0.15, 0.2) is 54.6 Å². The van der Waals surface area contributed by atoms with E-state index in [1.54, 1.807) is 4.90 Å². The summed E-state index contributed by atoms with van der Waals surface area (Å²) in [6.45, 7) is 9.29. The number of piperidine rings is 1. The molecule has 0 bridgehead atoms. The van der Waals surface area contributed by atoms with Gasteiger partial charge in [-0.1, -0.05) is 30.3 Å². The lowest BCUT2D eigenvalue weighted by Gasteiger charge is -2.36. The van der Waals surface area contributed by atoms with Crippen LogP contribution in [0.3, 0.4) is 0 Å². The Bertz CT molecular complexity index is 1570. The number of carbonyl (C=O) groups is 2. The maximum Gasteiger partial charge on any atom is 0.329 e. The van der Waals surface area contributed by atoms with Crippen molar-refractivity contribution in [3.05, 3.63) is 76.9 Å². The molecule has 2 aliphatic rings. The molecule has 0 radical (unpaired) electrons. The van der Waals surface area contributed by atoms with Crippen LogP contribution in [-0.4, -0.2) is 70.7 Å². The van der Waals surface area contributed by atoms with Gasteiger partial charge in [-0.05, 0) is 80.3 Å². The van der Waals surface area contributed by atoms with E-state index in [1.807, 2.05) is 82.3 Å². The van der Waals surface area contributed by atoms with Crippen molar-refractivity contribution in [2.75, 3.05) is 19.6 Å². The summed E-state index contributed by atoms with van der Waals surface area (Å²) in [6, 6.07) is 16.3. The normalized spacial score (nSPS) is 16.5. The Morgan fingerprint density at radius 2 is 1.72 bits per heavy atom. The predicted molar refractivity (Wildman–Crippen MR) is 168 cm³/mol. The van der Waals surface area contributed by atoms with Gasteiger partial charge in [0, 0.05) is 50.0 Å². The molecule has 4 N–H and O–H groups in total. The van der Waals surface area contributed by atoms with E-state index in [9.17, 15) is 9.59 Å². The molecular weight excluding hydrogens is 542 g/mol. The molecule has 2 heterocycles. The molecule has 226 valence electrons. The summed E-state index contributed by atoms with van der Waals surface area (Å²) in [4.78, 5) is 31.1. The zero-order valence-electron chi connectivity index (χ0n) is 25.4. The third-order valence-corrected chi connectivity index (χ3v) is 8.11. The number of nitrogens with one attached hydrogen (secondary N) is 2. The summed E-state index contributed by atoms with van der Waals surface area (Å²) < 4.78 is 12.1. The summed E-state index contributed by atoms with van der Waals surface area (Å²) in [7, 11) is 0. The van der Waals surface area contributed by atoms with Crippen molar-refractivity contribution in [3.8, 4) is 5.75 Å². The van der Waals surface area contributed by atoms with Gasteiger partial charge in [0.25, 0.3) is 5.91 Å². The van der Waals surface area contributed by atoms with Crippen LogP contribution in [0.2, 0.25) is 0 Å². The lowest BCUT2D eigenvalue weighted by molar-refractivity contribution is -0.160. The smallest absolute Gasteiger partial charge is 0.329 e. The largest absolute Gasteiger partial charge is 0.490 e. The molecule has 9 nitrogen and oxygen atoms in total. The van der Waals surface area contributed by atoms with Gasteiger partial charge < -0.3 is 25.0 Å². The summed E-state index contributed by atoms with van der Waals surface area (Å²) >= 11 is 0. The number of hydrogen-bond acceptors (Lipinski definition) is 6. The highest BCUT2D eigenvalue weighted by atomic mass is 16.6. The van der Waals surface area contributed by atoms with Gasteiger partial charge in [-0.25, -0.2) is 4.79 Å². The Labute approximate surface area is 253 Å². The van der Waals surface area contributed by atoms with E-state index in [4.69, 9.17) is 26.0 Å². The molecule has 3 aromatic rings. The molecule has 1 fully saturated rings. The molecule has 43 heavy (non-hydrogen) atoms. The zero-order valence-corrected chi connectivity index (χ0v) is 25.4. The first-order valence-corrected chi connectivity index (χ1v) is 14.9. The number of carbonyl (C=O) groups excluding carboxylic acids is 2. The highest BCUT2D eigenvalue weighted by Gasteiger charge is 2.37. The fraction of sp³-hybridized carbons (Fsp3) is 0.412. The van der Waals surface area contributed by atoms with Crippen LogP contribution in [0.5, 0.6) is 5.75 Å². The number of nitrogen functional groups attached to an aromatic ring is 1. The summed E-state index contributed by atoms with van der Waals surface area (Å²) in [5.74, 6) is 0.692. The van der Waals surface area contributed by atoms with Crippen LogP contribution in [-0.2, 0) is 22.4 Å². The number of fused-ring (bicyclic) bond motifs is 2. The molecule has 2 aliphatic heterocycles. The van der Waals surface area contributed by atoms with Gasteiger partial charge in [0.1, 0.15) is 29.3 Å². The molecule has 0 spiro atoms. The van der Waals surface area contributed by atoms with Gasteiger partial charge in [-0.15, -0.1) is 0 Å². The molecule has 3 aromatic carbocycles. The Kier molecular flexibility index (Phi) is 8.44. The van der Waals surface area contributed by atoms with E-state index >= 15 is 0 Å². The van der Waals surface area contributed by atoms with Crippen LogP contribution in [0.25, 0.3) is 10.8 Å². The first kappa shape index (κ1) is 30.1. The van der Waals surface area contributed by atoms with Crippen molar-refractivity contribution in [2.24, 2.45) is 5.73 Å². The molecular formula is C34H41N5O4. The predicted octanol–water partition coefficient (Wildman–Crippen LogP) is 4.92. The van der Waals surface area contributed by atoms with Gasteiger partial charge in [0.15, 0.2) is 0 Å². The third-order valence-electron chi connectivity index (χ3n) is 8.11. The molecule has 1 unspecified atom stereocenters. The molecule has 0 aromatic heterocycles. The van der Waals surface area contributed by atoms with Crippen molar-refractivity contribution in [1.29, 1.82) is 10.8 Å². The average molecular weight is 584 g/mol. The molecule has 0 aliphatic carbocycles. The quantitative estimate of drug-likeness (QED) is 0.206. The van der Waals surface area contributed by atoms with Crippen LogP contribution >= 0.6 is 0 Å². The van der Waals surface area contributed by atoms with Gasteiger partial charge in [-0.3, -0.25) is 15.6 Å². The number of amidine groups is 2. The number of benzene rings is 3. The number of esters is 1. The molecule has 0 saturated carbocycles. The van der Waals surface area contributed by atoms with Crippen LogP contribution in [0.4, 0.5) is 0 Å². The number of nitrogens with zero attached hydrogens (tertiary/aromatic N) is 2. The Hall–Kier alpha value is -4.40. The molecule has 5 rings (SSSR count). The van der Waals surface area contributed by atoms with Crippen LogP contribution in [0.1, 0.15) is 67.6 Å². The standard InChI is InChI=1S/C34H41N5O4/c1-21(35)38-14-12-27(13-15-38)42-28-9-10-29-24(20-28)11-16-39(32(29)40)30(33(41)43-34(2,3)4)18-22-5-6-23-7-8-25(31(36)37)19-26(23)17-22/h5-10,17,19-20,27,30,35H,11-16,18H2,1-4H3,(H3,36,37).